The molecule has 2 rings (SSSR count). The van der Waals surface area contributed by atoms with E-state index < -0.39 is 23.1 Å². The van der Waals surface area contributed by atoms with E-state index >= 15 is 0 Å². The number of hydrazine groups is 1. The van der Waals surface area contributed by atoms with Gasteiger partial charge >= 0.3 is 0 Å². The van der Waals surface area contributed by atoms with Gasteiger partial charge in [-0.15, -0.1) is 0 Å². The minimum Gasteiger partial charge on any atom is -0.379 e. The highest BCUT2D eigenvalue weighted by molar-refractivity contribution is 9.10. The van der Waals surface area contributed by atoms with Crippen LogP contribution in [-0.4, -0.2) is 37.2 Å². The van der Waals surface area contributed by atoms with Gasteiger partial charge in [0.15, 0.2) is 0 Å². The highest BCUT2D eigenvalue weighted by atomic mass is 79.9. The van der Waals surface area contributed by atoms with Crippen molar-refractivity contribution in [2.75, 3.05) is 26.3 Å². The second-order valence-electron chi connectivity index (χ2n) is 3.78. The van der Waals surface area contributed by atoms with Gasteiger partial charge < -0.3 is 4.74 Å². The maximum absolute atomic E-state index is 13.5. The number of benzene rings is 1. The van der Waals surface area contributed by atoms with Gasteiger partial charge in [0, 0.05) is 17.6 Å². The highest BCUT2D eigenvalue weighted by Gasteiger charge is 2.21. The van der Waals surface area contributed by atoms with Gasteiger partial charge in [-0.2, -0.15) is 0 Å². The molecule has 98 valence electrons. The largest absolute Gasteiger partial charge is 0.379 e. The number of nitrogens with zero attached hydrogens (tertiary/aromatic N) is 1. The van der Waals surface area contributed by atoms with Gasteiger partial charge in [0.05, 0.1) is 13.2 Å². The molecule has 4 nitrogen and oxygen atoms in total. The van der Waals surface area contributed by atoms with Crippen molar-refractivity contribution in [1.82, 2.24) is 10.4 Å². The Kier molecular flexibility index (Phi) is 4.26. The van der Waals surface area contributed by atoms with Crippen LogP contribution in [0, 0.1) is 11.6 Å². The van der Waals surface area contributed by atoms with Crippen LogP contribution in [0.1, 0.15) is 10.4 Å². The number of halogens is 3. The molecule has 1 aromatic carbocycles. The first-order valence-corrected chi connectivity index (χ1v) is 6.15. The molecule has 0 saturated carbocycles. The first kappa shape index (κ1) is 13.4. The van der Waals surface area contributed by atoms with E-state index in [4.69, 9.17) is 4.74 Å². The van der Waals surface area contributed by atoms with Crippen molar-refractivity contribution >= 4 is 21.8 Å². The number of morpholine rings is 1. The van der Waals surface area contributed by atoms with Gasteiger partial charge in [-0.05, 0) is 12.1 Å². The van der Waals surface area contributed by atoms with Crippen molar-refractivity contribution in [3.63, 3.8) is 0 Å². The molecule has 0 atom stereocenters. The molecule has 0 radical (unpaired) electrons. The van der Waals surface area contributed by atoms with Crippen LogP contribution >= 0.6 is 15.9 Å². The monoisotopic (exact) mass is 320 g/mol. The molecule has 18 heavy (non-hydrogen) atoms. The van der Waals surface area contributed by atoms with E-state index in [-0.39, 0.29) is 4.47 Å². The number of ether oxygens (including phenoxy) is 1. The van der Waals surface area contributed by atoms with E-state index in [1.807, 2.05) is 0 Å². The van der Waals surface area contributed by atoms with Crippen LogP contribution in [0.2, 0.25) is 0 Å². The molecule has 1 aliphatic heterocycles. The Hall–Kier alpha value is -1.05. The third kappa shape index (κ3) is 3.04. The molecule has 1 heterocycles. The Morgan fingerprint density at radius 3 is 2.39 bits per heavy atom. The minimum atomic E-state index is -0.896. The number of nitrogens with one attached hydrogen (secondary N) is 1. The van der Waals surface area contributed by atoms with Crippen LogP contribution in [0.4, 0.5) is 8.78 Å². The zero-order valence-corrected chi connectivity index (χ0v) is 11.0. The highest BCUT2D eigenvalue weighted by Crippen LogP contribution is 2.19. The number of hydrogen-bond acceptors (Lipinski definition) is 3. The predicted octanol–water partition coefficient (Wildman–Crippen LogP) is 1.70. The summed E-state index contributed by atoms with van der Waals surface area (Å²) in [6.07, 6.45) is 0. The molecule has 7 heteroatoms. The molecule has 0 spiro atoms. The van der Waals surface area contributed by atoms with Crippen LogP contribution in [0.15, 0.2) is 16.6 Å². The first-order chi connectivity index (χ1) is 8.58. The summed E-state index contributed by atoms with van der Waals surface area (Å²) in [5, 5.41) is 1.58. The third-order valence-electron chi connectivity index (χ3n) is 2.50. The molecule has 0 aromatic heterocycles. The molecule has 1 aromatic rings. The number of carbonyl (C=O) groups is 1. The van der Waals surface area contributed by atoms with E-state index in [2.05, 4.69) is 21.4 Å². The quantitative estimate of drug-likeness (QED) is 0.902. The van der Waals surface area contributed by atoms with Gasteiger partial charge in [0.2, 0.25) is 0 Å². The zero-order valence-electron chi connectivity index (χ0n) is 9.38. The van der Waals surface area contributed by atoms with Crippen LogP contribution in [-0.2, 0) is 4.74 Å². The second-order valence-corrected chi connectivity index (χ2v) is 4.70. The normalized spacial score (nSPS) is 16.6. The van der Waals surface area contributed by atoms with E-state index in [1.54, 1.807) is 5.01 Å². The van der Waals surface area contributed by atoms with Gasteiger partial charge in [0.1, 0.15) is 17.2 Å². The fourth-order valence-electron chi connectivity index (χ4n) is 1.63. The standard InChI is InChI=1S/C11H11BrF2N2O2/c12-7-5-8(13)10(9(14)6-7)11(17)15-16-1-3-18-4-2-16/h5-6H,1-4H2,(H,15,17). The molecule has 0 bridgehead atoms. The second kappa shape index (κ2) is 5.73. The number of hydrogen-bond donors (Lipinski definition) is 1. The van der Waals surface area contributed by atoms with E-state index in [1.165, 1.54) is 0 Å². The zero-order chi connectivity index (χ0) is 13.1. The predicted molar refractivity (Wildman–Crippen MR) is 63.9 cm³/mol. The summed E-state index contributed by atoms with van der Waals surface area (Å²) in [6, 6.07) is 2.11. The SMILES string of the molecule is O=C(NN1CCOCC1)c1c(F)cc(Br)cc1F. The maximum atomic E-state index is 13.5. The van der Waals surface area contributed by atoms with Crippen molar-refractivity contribution in [1.29, 1.82) is 0 Å². The van der Waals surface area contributed by atoms with Gasteiger partial charge in [0.25, 0.3) is 5.91 Å². The molecule has 1 amide bonds. The summed E-state index contributed by atoms with van der Waals surface area (Å²) < 4.78 is 32.4. The minimum absolute atomic E-state index is 0.250. The third-order valence-corrected chi connectivity index (χ3v) is 2.96. The molecule has 0 aliphatic carbocycles. The average molecular weight is 321 g/mol. The van der Waals surface area contributed by atoms with Crippen LogP contribution < -0.4 is 5.43 Å². The van der Waals surface area contributed by atoms with E-state index in [0.29, 0.717) is 26.3 Å². The summed E-state index contributed by atoms with van der Waals surface area (Å²) in [5.41, 5.74) is 1.88. The number of carbonyl (C=O) groups excluding carboxylic acids is 1. The van der Waals surface area contributed by atoms with E-state index in [0.717, 1.165) is 12.1 Å². The molecule has 1 aliphatic rings. The maximum Gasteiger partial charge on any atom is 0.271 e. The summed E-state index contributed by atoms with van der Waals surface area (Å²) in [4.78, 5) is 11.8. The fraction of sp³-hybridized carbons (Fsp3) is 0.364. The van der Waals surface area contributed by atoms with Crippen LogP contribution in [0.3, 0.4) is 0 Å². The van der Waals surface area contributed by atoms with Gasteiger partial charge in [-0.25, -0.2) is 13.8 Å². The number of amides is 1. The topological polar surface area (TPSA) is 41.6 Å². The lowest BCUT2D eigenvalue weighted by molar-refractivity contribution is 0.0124. The summed E-state index contributed by atoms with van der Waals surface area (Å²) >= 11 is 2.96. The van der Waals surface area contributed by atoms with Crippen molar-refractivity contribution in [2.45, 2.75) is 0 Å². The lowest BCUT2D eigenvalue weighted by Gasteiger charge is -2.27. The van der Waals surface area contributed by atoms with Crippen LogP contribution in [0.25, 0.3) is 0 Å². The lowest BCUT2D eigenvalue weighted by atomic mass is 10.2. The molecule has 1 saturated heterocycles. The Bertz CT molecular complexity index is 441. The Morgan fingerprint density at radius 1 is 1.28 bits per heavy atom. The lowest BCUT2D eigenvalue weighted by Crippen LogP contribution is -2.48. The fourth-order valence-corrected chi connectivity index (χ4v) is 2.04. The van der Waals surface area contributed by atoms with Crippen molar-refractivity contribution in [3.8, 4) is 0 Å². The molecule has 0 unspecified atom stereocenters. The Balaban J connectivity index is 2.13. The summed E-state index contributed by atoms with van der Waals surface area (Å²) in [6.45, 7) is 1.94. The van der Waals surface area contributed by atoms with Crippen LogP contribution in [0.5, 0.6) is 0 Å². The first-order valence-electron chi connectivity index (χ1n) is 5.36. The van der Waals surface area contributed by atoms with Crippen molar-refractivity contribution in [2.24, 2.45) is 0 Å². The van der Waals surface area contributed by atoms with Gasteiger partial charge in [-0.1, -0.05) is 15.9 Å². The molecule has 1 N–H and O–H groups in total. The molecule has 1 fully saturated rings. The van der Waals surface area contributed by atoms with Gasteiger partial charge in [-0.3, -0.25) is 10.2 Å². The van der Waals surface area contributed by atoms with E-state index in [9.17, 15) is 13.6 Å². The molecular weight excluding hydrogens is 310 g/mol. The Morgan fingerprint density at radius 2 is 1.83 bits per heavy atom. The Labute approximate surface area is 111 Å². The van der Waals surface area contributed by atoms with Crippen molar-refractivity contribution < 1.29 is 18.3 Å². The molecular formula is C11H11BrF2N2O2. The van der Waals surface area contributed by atoms with Crippen molar-refractivity contribution in [3.05, 3.63) is 33.8 Å². The summed E-state index contributed by atoms with van der Waals surface area (Å²) in [5.74, 6) is -2.58. The average Bonchev–Trinajstić information content (AvgIpc) is 2.28. The number of rotatable bonds is 2. The summed E-state index contributed by atoms with van der Waals surface area (Å²) in [7, 11) is 0. The smallest absolute Gasteiger partial charge is 0.271 e.